The van der Waals surface area contributed by atoms with Crippen molar-refractivity contribution in [2.75, 3.05) is 0 Å². The first-order chi connectivity index (χ1) is 12.5. The molecule has 0 saturated carbocycles. The van der Waals surface area contributed by atoms with E-state index in [1.807, 2.05) is 31.2 Å². The zero-order valence-corrected chi connectivity index (χ0v) is 15.7. The zero-order valence-electron chi connectivity index (χ0n) is 14.9. The molecule has 26 heavy (non-hydrogen) atoms. The van der Waals surface area contributed by atoms with Gasteiger partial charge in [-0.1, -0.05) is 43.7 Å². The molecular weight excluding hydrogens is 348 g/mol. The molecule has 1 atom stereocenters. The van der Waals surface area contributed by atoms with Gasteiger partial charge in [-0.3, -0.25) is 4.79 Å². The van der Waals surface area contributed by atoms with Gasteiger partial charge in [0.25, 0.3) is 5.56 Å². The summed E-state index contributed by atoms with van der Waals surface area (Å²) >= 11 is 1.41. The quantitative estimate of drug-likeness (QED) is 0.555. The average Bonchev–Trinajstić information content (AvgIpc) is 3.19. The Morgan fingerprint density at radius 3 is 2.81 bits per heavy atom. The molecule has 0 saturated heterocycles. The predicted octanol–water partition coefficient (Wildman–Crippen LogP) is 3.18. The lowest BCUT2D eigenvalue weighted by molar-refractivity contribution is -0.280. The van der Waals surface area contributed by atoms with E-state index in [1.165, 1.54) is 22.1 Å². The van der Waals surface area contributed by atoms with Crippen LogP contribution < -0.4 is 10.7 Å². The van der Waals surface area contributed by atoms with Crippen LogP contribution in [0.1, 0.15) is 26.0 Å². The molecule has 0 fully saturated rings. The van der Waals surface area contributed by atoms with E-state index in [4.69, 9.17) is 0 Å². The Labute approximate surface area is 154 Å². The highest BCUT2D eigenvalue weighted by Crippen LogP contribution is 2.29. The second kappa shape index (κ2) is 6.25. The van der Waals surface area contributed by atoms with Crippen LogP contribution in [0.4, 0.5) is 0 Å². The maximum Gasteiger partial charge on any atom is 0.284 e. The molecule has 2 aliphatic heterocycles. The van der Waals surface area contributed by atoms with E-state index in [1.54, 1.807) is 4.57 Å². The largest absolute Gasteiger partial charge is 0.860 e. The predicted molar refractivity (Wildman–Crippen MR) is 101 cm³/mol. The van der Waals surface area contributed by atoms with E-state index in [0.717, 1.165) is 16.6 Å². The first-order valence-electron chi connectivity index (χ1n) is 8.65. The zero-order chi connectivity index (χ0) is 18.4. The lowest BCUT2D eigenvalue weighted by atomic mass is 10.1. The molecule has 0 spiro atoms. The lowest BCUT2D eigenvalue weighted by Gasteiger charge is -2.24. The Morgan fingerprint density at radius 1 is 1.31 bits per heavy atom. The minimum Gasteiger partial charge on any atom is -0.860 e. The van der Waals surface area contributed by atoms with Crippen LogP contribution in [-0.2, 0) is 6.54 Å². The lowest BCUT2D eigenvalue weighted by Crippen LogP contribution is -2.19. The van der Waals surface area contributed by atoms with Crippen molar-refractivity contribution >= 4 is 21.6 Å². The number of hydrogen-bond acceptors (Lipinski definition) is 5. The molecule has 2 aliphatic rings. The molecule has 1 aromatic carbocycles. The van der Waals surface area contributed by atoms with Gasteiger partial charge < -0.3 is 9.67 Å². The maximum absolute atomic E-state index is 13.0. The molecule has 1 aromatic heterocycles. The Hall–Kier alpha value is -2.67. The van der Waals surface area contributed by atoms with Gasteiger partial charge in [0.1, 0.15) is 0 Å². The van der Waals surface area contributed by atoms with E-state index in [-0.39, 0.29) is 11.4 Å². The normalized spacial score (nSPS) is 12.9. The molecule has 0 unspecified atom stereocenters. The van der Waals surface area contributed by atoms with E-state index < -0.39 is 0 Å². The number of fused-ring (bicyclic) bond motifs is 2. The summed E-state index contributed by atoms with van der Waals surface area (Å²) in [7, 11) is 0. The highest BCUT2D eigenvalue weighted by molar-refractivity contribution is 7.20. The summed E-state index contributed by atoms with van der Waals surface area (Å²) in [5.41, 5.74) is 2.20. The highest BCUT2D eigenvalue weighted by atomic mass is 32.1. The van der Waals surface area contributed by atoms with Crippen LogP contribution in [0.15, 0.2) is 35.1 Å². The molecule has 7 heteroatoms. The van der Waals surface area contributed by atoms with E-state index >= 15 is 0 Å². The molecule has 0 amide bonds. The number of thiazole rings is 1. The smallest absolute Gasteiger partial charge is 0.284 e. The van der Waals surface area contributed by atoms with Crippen molar-refractivity contribution in [3.8, 4) is 22.3 Å². The number of pyridine rings is 1. The fourth-order valence-corrected chi connectivity index (χ4v) is 4.02. The van der Waals surface area contributed by atoms with Crippen LogP contribution in [0.5, 0.6) is 5.88 Å². The third kappa shape index (κ3) is 2.59. The third-order valence-electron chi connectivity index (χ3n) is 4.82. The third-order valence-corrected chi connectivity index (χ3v) is 5.83. The number of rotatable bonds is 4. The van der Waals surface area contributed by atoms with Gasteiger partial charge in [-0.05, 0) is 36.9 Å². The minimum absolute atomic E-state index is 0.121. The SMILES string of the molecule is CC[C@@H](C)Cn1c([O-])cc2nn(-c3nc4ccccc4s3)c(=O)c-2c1C. The topological polar surface area (TPSA) is 75.8 Å². The Balaban J connectivity index is 1.91. The molecular formula is C19H19N4O2S-. The summed E-state index contributed by atoms with van der Waals surface area (Å²) in [4.78, 5) is 17.5. The summed E-state index contributed by atoms with van der Waals surface area (Å²) in [5, 5.41) is 17.4. The van der Waals surface area contributed by atoms with Crippen molar-refractivity contribution in [2.24, 2.45) is 5.92 Å². The van der Waals surface area contributed by atoms with Crippen molar-refractivity contribution in [2.45, 2.75) is 33.7 Å². The van der Waals surface area contributed by atoms with E-state index in [0.29, 0.717) is 34.5 Å². The van der Waals surface area contributed by atoms with Gasteiger partial charge in [-0.25, -0.2) is 4.98 Å². The summed E-state index contributed by atoms with van der Waals surface area (Å²) in [6.45, 7) is 6.60. The van der Waals surface area contributed by atoms with Gasteiger partial charge >= 0.3 is 0 Å². The number of para-hydroxylation sites is 1. The molecule has 0 aliphatic carbocycles. The van der Waals surface area contributed by atoms with Gasteiger partial charge in [-0.2, -0.15) is 9.78 Å². The van der Waals surface area contributed by atoms with Gasteiger partial charge in [0.05, 0.1) is 21.5 Å². The fraction of sp³-hybridized carbons (Fsp3) is 0.316. The Morgan fingerprint density at radius 2 is 2.08 bits per heavy atom. The standard InChI is InChI=1S/C19H20N4O2S/c1-4-11(2)10-22-12(3)17-14(9-16(22)24)21-23(18(17)25)19-20-13-7-5-6-8-15(13)26-19/h5-9,11,24H,4,10H2,1-3H3/p-1/t11-/m1/s1. The summed E-state index contributed by atoms with van der Waals surface area (Å²) < 4.78 is 3.99. The van der Waals surface area contributed by atoms with Crippen LogP contribution in [-0.4, -0.2) is 19.3 Å². The molecule has 0 bridgehead atoms. The van der Waals surface area contributed by atoms with Crippen LogP contribution in [0.3, 0.4) is 0 Å². The van der Waals surface area contributed by atoms with Gasteiger partial charge in [0.15, 0.2) is 0 Å². The molecule has 6 nitrogen and oxygen atoms in total. The highest BCUT2D eigenvalue weighted by Gasteiger charge is 2.22. The molecule has 4 rings (SSSR count). The van der Waals surface area contributed by atoms with Crippen LogP contribution >= 0.6 is 11.3 Å². The summed E-state index contributed by atoms with van der Waals surface area (Å²) in [6, 6.07) is 9.17. The summed E-state index contributed by atoms with van der Waals surface area (Å²) in [6.07, 6.45) is 0.971. The van der Waals surface area contributed by atoms with Crippen molar-refractivity contribution in [1.82, 2.24) is 19.3 Å². The minimum atomic E-state index is -0.227. The number of hydrogen-bond donors (Lipinski definition) is 0. The van der Waals surface area contributed by atoms with Crippen LogP contribution in [0.2, 0.25) is 0 Å². The number of aromatic nitrogens is 4. The monoisotopic (exact) mass is 367 g/mol. The first-order valence-corrected chi connectivity index (χ1v) is 9.47. The van der Waals surface area contributed by atoms with Crippen LogP contribution in [0.25, 0.3) is 26.6 Å². The van der Waals surface area contributed by atoms with E-state index in [2.05, 4.69) is 23.9 Å². The number of nitrogens with zero attached hydrogens (tertiary/aromatic N) is 4. The second-order valence-corrected chi connectivity index (χ2v) is 7.64. The number of benzene rings is 1. The second-order valence-electron chi connectivity index (χ2n) is 6.63. The van der Waals surface area contributed by atoms with Crippen molar-refractivity contribution in [3.63, 3.8) is 0 Å². The fourth-order valence-electron chi connectivity index (χ4n) is 3.10. The average molecular weight is 367 g/mol. The maximum atomic E-state index is 13.0. The molecule has 2 aromatic rings. The van der Waals surface area contributed by atoms with Crippen molar-refractivity contribution in [1.29, 1.82) is 0 Å². The van der Waals surface area contributed by atoms with Crippen molar-refractivity contribution in [3.05, 3.63) is 46.4 Å². The van der Waals surface area contributed by atoms with E-state index in [9.17, 15) is 9.90 Å². The Kier molecular flexibility index (Phi) is 4.03. The molecule has 0 radical (unpaired) electrons. The van der Waals surface area contributed by atoms with Gasteiger partial charge in [0, 0.05) is 12.2 Å². The van der Waals surface area contributed by atoms with Gasteiger partial charge in [-0.15, -0.1) is 0 Å². The Bertz CT molecular complexity index is 1090. The first kappa shape index (κ1) is 16.8. The molecule has 134 valence electrons. The van der Waals surface area contributed by atoms with Crippen molar-refractivity contribution < 1.29 is 5.11 Å². The molecule has 3 heterocycles. The van der Waals surface area contributed by atoms with Gasteiger partial charge in [0.2, 0.25) is 5.13 Å². The van der Waals surface area contributed by atoms with Crippen LogP contribution in [0, 0.1) is 12.8 Å². The summed E-state index contributed by atoms with van der Waals surface area (Å²) in [5.74, 6) is 0.238. The molecule has 0 N–H and O–H groups in total.